The van der Waals surface area contributed by atoms with Crippen LogP contribution in [0.1, 0.15) is 10.4 Å². The highest BCUT2D eigenvalue weighted by atomic mass is 35.5. The molecule has 1 amide bonds. The van der Waals surface area contributed by atoms with Crippen molar-refractivity contribution in [3.63, 3.8) is 0 Å². The van der Waals surface area contributed by atoms with Crippen molar-refractivity contribution in [3.05, 3.63) is 69.5 Å². The fraction of sp³-hybridized carbons (Fsp3) is 0. The highest BCUT2D eigenvalue weighted by Gasteiger charge is 2.12. The molecule has 5 nitrogen and oxygen atoms in total. The van der Waals surface area contributed by atoms with Crippen LogP contribution in [0.2, 0.25) is 5.02 Å². The number of carbonyl (C=O) groups excluding carboxylic acids is 1. The summed E-state index contributed by atoms with van der Waals surface area (Å²) in [6.45, 7) is 0. The number of amides is 1. The Morgan fingerprint density at radius 1 is 1.23 bits per heavy atom. The Labute approximate surface area is 128 Å². The molecule has 0 aliphatic heterocycles. The van der Waals surface area contributed by atoms with Crippen molar-refractivity contribution in [3.8, 4) is 0 Å². The van der Waals surface area contributed by atoms with Gasteiger partial charge in [-0.1, -0.05) is 11.6 Å². The monoisotopic (exact) mass is 317 g/mol. The summed E-state index contributed by atoms with van der Waals surface area (Å²) in [5.41, 5.74) is 0.766. The number of hydrogen-bond acceptors (Lipinski definition) is 3. The topological polar surface area (TPSA) is 74.8 Å². The van der Waals surface area contributed by atoms with E-state index in [-0.39, 0.29) is 16.1 Å². The zero-order valence-electron chi connectivity index (χ0n) is 11.1. The number of hydrogen-bond donors (Lipinski definition) is 2. The van der Waals surface area contributed by atoms with Crippen molar-refractivity contribution in [2.75, 3.05) is 5.32 Å². The van der Waals surface area contributed by atoms with Gasteiger partial charge in [-0.3, -0.25) is 9.59 Å². The van der Waals surface area contributed by atoms with E-state index in [9.17, 15) is 14.0 Å². The van der Waals surface area contributed by atoms with E-state index < -0.39 is 11.7 Å². The summed E-state index contributed by atoms with van der Waals surface area (Å²) in [4.78, 5) is 30.3. The average molecular weight is 318 g/mol. The maximum Gasteiger partial charge on any atom is 0.258 e. The summed E-state index contributed by atoms with van der Waals surface area (Å²) >= 11 is 5.85. The standard InChI is InChI=1S/C15H9ClFN3O2/c16-12-5-8(17)1-3-10(12)15(22)20-9-2-4-13-11(6-9)14(21)19-7-18-13/h1-7H,(H,20,22)(H,18,19,21). The van der Waals surface area contributed by atoms with E-state index in [0.717, 1.165) is 12.1 Å². The molecule has 1 heterocycles. The largest absolute Gasteiger partial charge is 0.322 e. The number of aromatic amines is 1. The van der Waals surface area contributed by atoms with Gasteiger partial charge < -0.3 is 10.3 Å². The third kappa shape index (κ3) is 2.68. The van der Waals surface area contributed by atoms with Crippen LogP contribution in [0.5, 0.6) is 0 Å². The summed E-state index contributed by atoms with van der Waals surface area (Å²) in [6, 6.07) is 8.25. The quantitative estimate of drug-likeness (QED) is 0.763. The smallest absolute Gasteiger partial charge is 0.258 e. The lowest BCUT2D eigenvalue weighted by atomic mass is 10.2. The second-order valence-corrected chi connectivity index (χ2v) is 4.95. The molecule has 0 radical (unpaired) electrons. The summed E-state index contributed by atoms with van der Waals surface area (Å²) < 4.78 is 13.0. The fourth-order valence-electron chi connectivity index (χ4n) is 2.02. The summed E-state index contributed by atoms with van der Waals surface area (Å²) in [6.07, 6.45) is 1.31. The number of halogens is 2. The second kappa shape index (κ2) is 5.57. The molecule has 110 valence electrons. The number of rotatable bonds is 2. The molecule has 0 unspecified atom stereocenters. The lowest BCUT2D eigenvalue weighted by Crippen LogP contribution is -2.13. The fourth-order valence-corrected chi connectivity index (χ4v) is 2.27. The number of H-pyrrole nitrogens is 1. The Kier molecular flexibility index (Phi) is 3.60. The van der Waals surface area contributed by atoms with Gasteiger partial charge in [0.1, 0.15) is 5.82 Å². The third-order valence-corrected chi connectivity index (χ3v) is 3.39. The summed E-state index contributed by atoms with van der Waals surface area (Å²) in [5.74, 6) is -1.02. The zero-order valence-corrected chi connectivity index (χ0v) is 11.8. The Morgan fingerprint density at radius 3 is 2.82 bits per heavy atom. The average Bonchev–Trinajstić information content (AvgIpc) is 2.48. The zero-order chi connectivity index (χ0) is 15.7. The van der Waals surface area contributed by atoms with Gasteiger partial charge in [-0.15, -0.1) is 0 Å². The predicted molar refractivity (Wildman–Crippen MR) is 81.7 cm³/mol. The highest BCUT2D eigenvalue weighted by Crippen LogP contribution is 2.20. The second-order valence-electron chi connectivity index (χ2n) is 4.54. The van der Waals surface area contributed by atoms with Crippen molar-refractivity contribution in [1.29, 1.82) is 0 Å². The van der Waals surface area contributed by atoms with Gasteiger partial charge in [0.05, 0.1) is 27.8 Å². The molecule has 3 rings (SSSR count). The highest BCUT2D eigenvalue weighted by molar-refractivity contribution is 6.34. The molecule has 7 heteroatoms. The molecule has 1 aromatic heterocycles. The predicted octanol–water partition coefficient (Wildman–Crippen LogP) is 2.97. The first-order valence-electron chi connectivity index (χ1n) is 6.28. The van der Waals surface area contributed by atoms with Crippen molar-refractivity contribution in [2.45, 2.75) is 0 Å². The minimum absolute atomic E-state index is 0.0119. The third-order valence-electron chi connectivity index (χ3n) is 3.07. The molecule has 0 saturated heterocycles. The Bertz CT molecular complexity index is 939. The van der Waals surface area contributed by atoms with Gasteiger partial charge >= 0.3 is 0 Å². The van der Waals surface area contributed by atoms with Crippen molar-refractivity contribution < 1.29 is 9.18 Å². The first kappa shape index (κ1) is 14.2. The van der Waals surface area contributed by atoms with Crippen LogP contribution in [-0.4, -0.2) is 15.9 Å². The Morgan fingerprint density at radius 2 is 2.05 bits per heavy atom. The maximum absolute atomic E-state index is 13.0. The Hall–Kier alpha value is -2.73. The van der Waals surface area contributed by atoms with Gasteiger partial charge in [0, 0.05) is 5.69 Å². The molecule has 2 N–H and O–H groups in total. The maximum atomic E-state index is 13.0. The normalized spacial score (nSPS) is 10.6. The lowest BCUT2D eigenvalue weighted by Gasteiger charge is -2.07. The lowest BCUT2D eigenvalue weighted by molar-refractivity contribution is 0.102. The van der Waals surface area contributed by atoms with Gasteiger partial charge in [0.15, 0.2) is 0 Å². The summed E-state index contributed by atoms with van der Waals surface area (Å²) in [7, 11) is 0. The SMILES string of the molecule is O=C(Nc1ccc2nc[nH]c(=O)c2c1)c1ccc(F)cc1Cl. The van der Waals surface area contributed by atoms with Gasteiger partial charge in [-0.05, 0) is 36.4 Å². The molecule has 0 fully saturated rings. The van der Waals surface area contributed by atoms with E-state index in [2.05, 4.69) is 15.3 Å². The van der Waals surface area contributed by atoms with E-state index in [1.54, 1.807) is 12.1 Å². The first-order valence-corrected chi connectivity index (χ1v) is 6.66. The minimum atomic E-state index is -0.523. The number of nitrogens with zero attached hydrogens (tertiary/aromatic N) is 1. The number of anilines is 1. The molecule has 0 spiro atoms. The van der Waals surface area contributed by atoms with Crippen LogP contribution in [0, 0.1) is 5.82 Å². The number of fused-ring (bicyclic) bond motifs is 1. The molecule has 3 aromatic rings. The van der Waals surface area contributed by atoms with Crippen molar-refractivity contribution in [2.24, 2.45) is 0 Å². The molecule has 0 atom stereocenters. The van der Waals surface area contributed by atoms with Gasteiger partial charge in [-0.2, -0.15) is 0 Å². The number of benzene rings is 2. The van der Waals surface area contributed by atoms with E-state index >= 15 is 0 Å². The molecule has 22 heavy (non-hydrogen) atoms. The van der Waals surface area contributed by atoms with E-state index in [0.29, 0.717) is 16.6 Å². The van der Waals surface area contributed by atoms with Gasteiger partial charge in [-0.25, -0.2) is 9.37 Å². The first-order chi connectivity index (χ1) is 10.5. The molecular formula is C15H9ClFN3O2. The number of nitrogens with one attached hydrogen (secondary N) is 2. The van der Waals surface area contributed by atoms with Crippen LogP contribution in [0.4, 0.5) is 10.1 Å². The van der Waals surface area contributed by atoms with Crippen molar-refractivity contribution in [1.82, 2.24) is 9.97 Å². The Balaban J connectivity index is 1.94. The molecular weight excluding hydrogens is 309 g/mol. The van der Waals surface area contributed by atoms with Crippen LogP contribution < -0.4 is 10.9 Å². The minimum Gasteiger partial charge on any atom is -0.322 e. The van der Waals surface area contributed by atoms with E-state index in [4.69, 9.17) is 11.6 Å². The van der Waals surface area contributed by atoms with Crippen LogP contribution in [0.15, 0.2) is 47.5 Å². The van der Waals surface area contributed by atoms with Crippen LogP contribution in [0.25, 0.3) is 10.9 Å². The van der Waals surface area contributed by atoms with Crippen LogP contribution >= 0.6 is 11.6 Å². The summed E-state index contributed by atoms with van der Waals surface area (Å²) in [5, 5.41) is 2.98. The van der Waals surface area contributed by atoms with Gasteiger partial charge in [0.25, 0.3) is 11.5 Å². The molecule has 0 aliphatic rings. The van der Waals surface area contributed by atoms with E-state index in [1.807, 2.05) is 0 Å². The number of carbonyl (C=O) groups is 1. The van der Waals surface area contributed by atoms with Crippen LogP contribution in [0.3, 0.4) is 0 Å². The molecule has 0 bridgehead atoms. The number of aromatic nitrogens is 2. The van der Waals surface area contributed by atoms with Crippen molar-refractivity contribution >= 4 is 34.1 Å². The molecule has 0 aliphatic carbocycles. The molecule has 2 aromatic carbocycles. The van der Waals surface area contributed by atoms with Crippen LogP contribution in [-0.2, 0) is 0 Å². The molecule has 0 saturated carbocycles. The van der Waals surface area contributed by atoms with Gasteiger partial charge in [0.2, 0.25) is 0 Å². The van der Waals surface area contributed by atoms with E-state index in [1.165, 1.54) is 18.5 Å².